The van der Waals surface area contributed by atoms with Crippen molar-refractivity contribution < 1.29 is 0 Å². The van der Waals surface area contributed by atoms with Gasteiger partial charge >= 0.3 is 0 Å². The highest BCUT2D eigenvalue weighted by atomic mass is 14.7. The Morgan fingerprint density at radius 3 is 1.75 bits per heavy atom. The summed E-state index contributed by atoms with van der Waals surface area (Å²) >= 11 is 0. The van der Waals surface area contributed by atoms with Crippen molar-refractivity contribution in [2.24, 2.45) is 5.92 Å². The van der Waals surface area contributed by atoms with Crippen molar-refractivity contribution in [2.45, 2.75) is 111 Å². The Labute approximate surface area is 151 Å². The second-order valence-electron chi connectivity index (χ2n) is 7.86. The molecular formula is C23H41N. The number of nitrogens with zero attached hydrogens (tertiary/aromatic N) is 1. The van der Waals surface area contributed by atoms with Gasteiger partial charge in [-0.05, 0) is 37.3 Å². The van der Waals surface area contributed by atoms with Crippen LogP contribution in [0.5, 0.6) is 0 Å². The molecule has 0 radical (unpaired) electrons. The lowest BCUT2D eigenvalue weighted by Gasteiger charge is -2.07. The van der Waals surface area contributed by atoms with Crippen LogP contribution in [0.15, 0.2) is 18.2 Å². The Morgan fingerprint density at radius 2 is 1.21 bits per heavy atom. The van der Waals surface area contributed by atoms with Crippen LogP contribution in [0.25, 0.3) is 0 Å². The van der Waals surface area contributed by atoms with Gasteiger partial charge in [-0.3, -0.25) is 4.98 Å². The van der Waals surface area contributed by atoms with E-state index in [2.05, 4.69) is 39.0 Å². The summed E-state index contributed by atoms with van der Waals surface area (Å²) in [7, 11) is 0. The highest BCUT2D eigenvalue weighted by Gasteiger charge is 2.01. The Kier molecular flexibility index (Phi) is 12.8. The molecule has 1 nitrogen and oxygen atoms in total. The quantitative estimate of drug-likeness (QED) is 0.303. The molecule has 1 heterocycles. The van der Waals surface area contributed by atoms with Gasteiger partial charge in [-0.1, -0.05) is 97.5 Å². The molecule has 0 amide bonds. The number of hydrogen-bond acceptors (Lipinski definition) is 1. The summed E-state index contributed by atoms with van der Waals surface area (Å²) in [4.78, 5) is 4.80. The standard InChI is InChI=1S/C23H41N/c1-4-5-6-7-8-9-10-11-12-13-14-15-17-22-18-16-19-23(24-22)20-21(2)3/h16,18-19,21H,4-15,17,20H2,1-3H3. The average molecular weight is 332 g/mol. The van der Waals surface area contributed by atoms with Crippen LogP contribution in [0.2, 0.25) is 0 Å². The van der Waals surface area contributed by atoms with Gasteiger partial charge in [0.2, 0.25) is 0 Å². The first kappa shape index (κ1) is 21.2. The van der Waals surface area contributed by atoms with Crippen molar-refractivity contribution in [1.82, 2.24) is 4.98 Å². The van der Waals surface area contributed by atoms with Crippen molar-refractivity contribution in [3.05, 3.63) is 29.6 Å². The van der Waals surface area contributed by atoms with E-state index in [1.165, 1.54) is 88.4 Å². The molecule has 0 N–H and O–H groups in total. The third-order valence-corrected chi connectivity index (χ3v) is 4.77. The van der Waals surface area contributed by atoms with Crippen LogP contribution >= 0.6 is 0 Å². The lowest BCUT2D eigenvalue weighted by Crippen LogP contribution is -2.00. The summed E-state index contributed by atoms with van der Waals surface area (Å²) in [5.41, 5.74) is 2.56. The van der Waals surface area contributed by atoms with E-state index in [1.807, 2.05) is 0 Å². The van der Waals surface area contributed by atoms with Crippen molar-refractivity contribution in [1.29, 1.82) is 0 Å². The van der Waals surface area contributed by atoms with Gasteiger partial charge in [0.1, 0.15) is 0 Å². The smallest absolute Gasteiger partial charge is 0.0409 e. The lowest BCUT2D eigenvalue weighted by atomic mass is 10.0. The van der Waals surface area contributed by atoms with Crippen LogP contribution in [0.1, 0.15) is 109 Å². The molecule has 0 saturated carbocycles. The van der Waals surface area contributed by atoms with E-state index in [4.69, 9.17) is 4.98 Å². The molecule has 138 valence electrons. The molecule has 0 atom stereocenters. The van der Waals surface area contributed by atoms with Crippen molar-refractivity contribution >= 4 is 0 Å². The first-order valence-corrected chi connectivity index (χ1v) is 10.7. The van der Waals surface area contributed by atoms with Crippen LogP contribution in [0, 0.1) is 5.92 Å². The maximum absolute atomic E-state index is 4.80. The lowest BCUT2D eigenvalue weighted by molar-refractivity contribution is 0.543. The SMILES string of the molecule is CCCCCCCCCCCCCCc1cccc(CC(C)C)n1. The Morgan fingerprint density at radius 1 is 0.708 bits per heavy atom. The third kappa shape index (κ3) is 11.6. The van der Waals surface area contributed by atoms with E-state index in [1.54, 1.807) is 0 Å². The van der Waals surface area contributed by atoms with Gasteiger partial charge in [-0.15, -0.1) is 0 Å². The van der Waals surface area contributed by atoms with Crippen molar-refractivity contribution in [3.8, 4) is 0 Å². The fourth-order valence-electron chi connectivity index (χ4n) is 3.35. The topological polar surface area (TPSA) is 12.9 Å². The number of pyridine rings is 1. The summed E-state index contributed by atoms with van der Waals surface area (Å²) in [5, 5.41) is 0. The Balaban J connectivity index is 1.95. The molecule has 0 bridgehead atoms. The van der Waals surface area contributed by atoms with Crippen LogP contribution in [0.4, 0.5) is 0 Å². The predicted molar refractivity (Wildman–Crippen MR) is 108 cm³/mol. The monoisotopic (exact) mass is 331 g/mol. The average Bonchev–Trinajstić information content (AvgIpc) is 2.55. The third-order valence-electron chi connectivity index (χ3n) is 4.77. The molecule has 0 aliphatic heterocycles. The van der Waals surface area contributed by atoms with Crippen LogP contribution < -0.4 is 0 Å². The van der Waals surface area contributed by atoms with E-state index < -0.39 is 0 Å². The molecule has 0 aliphatic rings. The first-order chi connectivity index (χ1) is 11.7. The molecule has 0 saturated heterocycles. The van der Waals surface area contributed by atoms with E-state index >= 15 is 0 Å². The maximum atomic E-state index is 4.80. The van der Waals surface area contributed by atoms with Gasteiger partial charge in [0.05, 0.1) is 0 Å². The minimum atomic E-state index is 0.694. The largest absolute Gasteiger partial charge is 0.258 e. The van der Waals surface area contributed by atoms with Gasteiger partial charge in [-0.25, -0.2) is 0 Å². The van der Waals surface area contributed by atoms with E-state index in [9.17, 15) is 0 Å². The summed E-state index contributed by atoms with van der Waals surface area (Å²) in [6.07, 6.45) is 19.2. The highest BCUT2D eigenvalue weighted by Crippen LogP contribution is 2.13. The van der Waals surface area contributed by atoms with Crippen LogP contribution in [-0.4, -0.2) is 4.98 Å². The zero-order chi connectivity index (χ0) is 17.5. The normalized spacial score (nSPS) is 11.3. The molecule has 0 aromatic carbocycles. The fraction of sp³-hybridized carbons (Fsp3) is 0.783. The molecule has 0 aliphatic carbocycles. The summed E-state index contributed by atoms with van der Waals surface area (Å²) in [6, 6.07) is 6.55. The van der Waals surface area contributed by atoms with Crippen molar-refractivity contribution in [3.63, 3.8) is 0 Å². The van der Waals surface area contributed by atoms with Gasteiger partial charge < -0.3 is 0 Å². The molecule has 0 fully saturated rings. The second kappa shape index (κ2) is 14.5. The van der Waals surface area contributed by atoms with Gasteiger partial charge in [0, 0.05) is 11.4 Å². The van der Waals surface area contributed by atoms with Crippen LogP contribution in [0.3, 0.4) is 0 Å². The molecular weight excluding hydrogens is 290 g/mol. The zero-order valence-corrected chi connectivity index (χ0v) is 16.7. The molecule has 1 aromatic heterocycles. The maximum Gasteiger partial charge on any atom is 0.0409 e. The van der Waals surface area contributed by atoms with Crippen molar-refractivity contribution in [2.75, 3.05) is 0 Å². The number of rotatable bonds is 15. The summed E-state index contributed by atoms with van der Waals surface area (Å²) < 4.78 is 0. The molecule has 1 heteroatoms. The van der Waals surface area contributed by atoms with E-state index in [0.29, 0.717) is 5.92 Å². The van der Waals surface area contributed by atoms with E-state index in [-0.39, 0.29) is 0 Å². The van der Waals surface area contributed by atoms with Gasteiger partial charge in [0.15, 0.2) is 0 Å². The predicted octanol–water partition coefficient (Wildman–Crippen LogP) is 7.52. The molecule has 0 unspecified atom stereocenters. The zero-order valence-electron chi connectivity index (χ0n) is 16.7. The molecule has 0 spiro atoms. The highest BCUT2D eigenvalue weighted by molar-refractivity contribution is 5.11. The van der Waals surface area contributed by atoms with Gasteiger partial charge in [0.25, 0.3) is 0 Å². The summed E-state index contributed by atoms with van der Waals surface area (Å²) in [6.45, 7) is 6.82. The molecule has 24 heavy (non-hydrogen) atoms. The van der Waals surface area contributed by atoms with Gasteiger partial charge in [-0.2, -0.15) is 0 Å². The minimum Gasteiger partial charge on any atom is -0.258 e. The fourth-order valence-corrected chi connectivity index (χ4v) is 3.35. The number of aromatic nitrogens is 1. The number of unbranched alkanes of at least 4 members (excludes halogenated alkanes) is 11. The Hall–Kier alpha value is -0.850. The van der Waals surface area contributed by atoms with Crippen LogP contribution in [-0.2, 0) is 12.8 Å². The number of aryl methyl sites for hydroxylation is 1. The number of hydrogen-bond donors (Lipinski definition) is 0. The first-order valence-electron chi connectivity index (χ1n) is 10.7. The molecule has 1 rings (SSSR count). The Bertz CT molecular complexity index is 397. The van der Waals surface area contributed by atoms with E-state index in [0.717, 1.165) is 12.8 Å². The molecule has 1 aromatic rings. The minimum absolute atomic E-state index is 0.694. The second-order valence-corrected chi connectivity index (χ2v) is 7.86. The summed E-state index contributed by atoms with van der Waals surface area (Å²) in [5.74, 6) is 0.694.